The smallest absolute Gasteiger partial charge is 0.323 e. The van der Waals surface area contributed by atoms with Crippen LogP contribution in [0.3, 0.4) is 0 Å². The standard InChI is InChI=1S/C6H13NO2.C4H9NO3.C3H8O3.CH4O/c1-4(2)3-5(7)6(8)9;1-2(6)3(5)4(7)8;4-1-3(6)2-5;1-2/h4-5H,3,7H2,1-2H3,(H,8,9);2-3,6H,5H2,1H3,(H,7,8);3-6H,1-2H2;2H,1H3/t5-;2-,3+;;/m01../s1. The fourth-order valence-electron chi connectivity index (χ4n) is 0.873. The number of aliphatic hydroxyl groups excluding tert-OH is 5. The van der Waals surface area contributed by atoms with Crippen LogP contribution >= 0.6 is 0 Å². The number of nitrogens with two attached hydrogens (primary N) is 2. The molecule has 154 valence electrons. The van der Waals surface area contributed by atoms with Gasteiger partial charge >= 0.3 is 11.9 Å². The van der Waals surface area contributed by atoms with Crippen molar-refractivity contribution in [3.8, 4) is 0 Å². The van der Waals surface area contributed by atoms with Gasteiger partial charge in [0.15, 0.2) is 0 Å². The van der Waals surface area contributed by atoms with E-state index in [9.17, 15) is 9.59 Å². The normalized spacial score (nSPS) is 13.2. The molecule has 0 radical (unpaired) electrons. The maximum Gasteiger partial charge on any atom is 0.323 e. The Hall–Kier alpha value is -1.34. The second kappa shape index (κ2) is 20.7. The summed E-state index contributed by atoms with van der Waals surface area (Å²) in [5.41, 5.74) is 10.1. The molecule has 0 aromatic heterocycles. The Labute approximate surface area is 147 Å². The molecule has 0 aliphatic heterocycles. The molecule has 0 unspecified atom stereocenters. The lowest BCUT2D eigenvalue weighted by atomic mass is 10.1. The number of carboxylic acid groups (broad SMARTS) is 2. The lowest BCUT2D eigenvalue weighted by Gasteiger charge is -2.07. The van der Waals surface area contributed by atoms with Crippen molar-refractivity contribution < 1.29 is 45.3 Å². The van der Waals surface area contributed by atoms with Gasteiger partial charge in [-0.2, -0.15) is 0 Å². The minimum atomic E-state index is -1.18. The first-order valence-corrected chi connectivity index (χ1v) is 7.39. The van der Waals surface area contributed by atoms with Crippen LogP contribution in [-0.4, -0.2) is 92.3 Å². The third kappa shape index (κ3) is 27.8. The zero-order chi connectivity index (χ0) is 21.2. The first-order chi connectivity index (χ1) is 11.4. The van der Waals surface area contributed by atoms with Crippen LogP contribution < -0.4 is 11.5 Å². The number of carbonyl (C=O) groups is 2. The van der Waals surface area contributed by atoms with E-state index in [1.165, 1.54) is 6.92 Å². The predicted molar refractivity (Wildman–Crippen MR) is 90.7 cm³/mol. The first-order valence-electron chi connectivity index (χ1n) is 7.39. The van der Waals surface area contributed by atoms with Crippen LogP contribution in [0.5, 0.6) is 0 Å². The summed E-state index contributed by atoms with van der Waals surface area (Å²) in [5.74, 6) is -1.74. The van der Waals surface area contributed by atoms with E-state index in [0.717, 1.165) is 7.11 Å². The highest BCUT2D eigenvalue weighted by molar-refractivity contribution is 5.73. The molecule has 11 nitrogen and oxygen atoms in total. The summed E-state index contributed by atoms with van der Waals surface area (Å²) >= 11 is 0. The number of carboxylic acids is 2. The minimum absolute atomic E-state index is 0.357. The molecule has 0 saturated carbocycles. The third-order valence-electron chi connectivity index (χ3n) is 2.27. The van der Waals surface area contributed by atoms with Crippen LogP contribution in [0.25, 0.3) is 0 Å². The Morgan fingerprint density at radius 2 is 1.24 bits per heavy atom. The third-order valence-corrected chi connectivity index (χ3v) is 2.27. The summed E-state index contributed by atoms with van der Waals surface area (Å²) in [5, 5.41) is 55.9. The first kappa shape index (κ1) is 31.4. The molecular weight excluding hydrogens is 340 g/mol. The molecule has 3 atom stereocenters. The summed E-state index contributed by atoms with van der Waals surface area (Å²) in [6, 6.07) is -1.85. The highest BCUT2D eigenvalue weighted by Gasteiger charge is 2.16. The Balaban J connectivity index is -0.000000128. The van der Waals surface area contributed by atoms with E-state index in [1.54, 1.807) is 0 Å². The topological polar surface area (TPSA) is 228 Å². The molecular formula is C14H34N2O9. The molecule has 11 N–H and O–H groups in total. The van der Waals surface area contributed by atoms with E-state index in [2.05, 4.69) is 0 Å². The Kier molecular flexibility index (Phi) is 26.0. The fourth-order valence-corrected chi connectivity index (χ4v) is 0.873. The zero-order valence-electron chi connectivity index (χ0n) is 15.1. The van der Waals surface area contributed by atoms with Crippen LogP contribution in [0.2, 0.25) is 0 Å². The Morgan fingerprint density at radius 3 is 1.28 bits per heavy atom. The van der Waals surface area contributed by atoms with Crippen molar-refractivity contribution in [3.63, 3.8) is 0 Å². The van der Waals surface area contributed by atoms with Gasteiger partial charge in [0, 0.05) is 7.11 Å². The van der Waals surface area contributed by atoms with Gasteiger partial charge in [0.05, 0.1) is 19.3 Å². The molecule has 0 rings (SSSR count). The highest BCUT2D eigenvalue weighted by Crippen LogP contribution is 2.01. The molecule has 0 aromatic carbocycles. The Bertz CT molecular complexity index is 311. The monoisotopic (exact) mass is 374 g/mol. The molecule has 0 bridgehead atoms. The lowest BCUT2D eigenvalue weighted by Crippen LogP contribution is -2.39. The molecule has 0 aliphatic rings. The van der Waals surface area contributed by atoms with E-state index < -0.39 is 36.2 Å². The maximum atomic E-state index is 10.1. The van der Waals surface area contributed by atoms with Gasteiger partial charge in [-0.15, -0.1) is 0 Å². The largest absolute Gasteiger partial charge is 0.480 e. The van der Waals surface area contributed by atoms with Crippen molar-refractivity contribution in [2.24, 2.45) is 17.4 Å². The SMILES string of the molecule is CC(C)C[C@H](N)C(=O)O.CO.C[C@@H](O)[C@H](N)C(=O)O.OCC(O)CO. The predicted octanol–water partition coefficient (Wildman–Crippen LogP) is -2.84. The molecule has 25 heavy (non-hydrogen) atoms. The van der Waals surface area contributed by atoms with Crippen LogP contribution in [0.1, 0.15) is 27.2 Å². The number of rotatable bonds is 7. The fraction of sp³-hybridized carbons (Fsp3) is 0.857. The quantitative estimate of drug-likeness (QED) is 0.220. The van der Waals surface area contributed by atoms with Gasteiger partial charge < -0.3 is 47.2 Å². The van der Waals surface area contributed by atoms with E-state index in [4.69, 9.17) is 47.2 Å². The van der Waals surface area contributed by atoms with E-state index in [1.807, 2.05) is 13.8 Å². The van der Waals surface area contributed by atoms with Crippen molar-refractivity contribution >= 4 is 11.9 Å². The molecule has 0 amide bonds. The van der Waals surface area contributed by atoms with Crippen molar-refractivity contribution in [1.29, 1.82) is 0 Å². The molecule has 0 heterocycles. The summed E-state index contributed by atoms with van der Waals surface area (Å²) in [4.78, 5) is 20.0. The average Bonchev–Trinajstić information content (AvgIpc) is 2.55. The molecule has 0 saturated heterocycles. The van der Waals surface area contributed by atoms with Crippen LogP contribution in [-0.2, 0) is 9.59 Å². The van der Waals surface area contributed by atoms with E-state index in [0.29, 0.717) is 12.3 Å². The maximum absolute atomic E-state index is 10.1. The van der Waals surface area contributed by atoms with Gasteiger partial charge in [-0.25, -0.2) is 0 Å². The molecule has 0 aliphatic carbocycles. The molecule has 0 aromatic rings. The summed E-state index contributed by atoms with van der Waals surface area (Å²) < 4.78 is 0. The molecule has 11 heteroatoms. The van der Waals surface area contributed by atoms with Crippen molar-refractivity contribution in [2.45, 2.75) is 51.5 Å². The van der Waals surface area contributed by atoms with Crippen LogP contribution in [0.4, 0.5) is 0 Å². The van der Waals surface area contributed by atoms with Gasteiger partial charge in [-0.3, -0.25) is 9.59 Å². The zero-order valence-corrected chi connectivity index (χ0v) is 15.1. The van der Waals surface area contributed by atoms with Gasteiger partial charge in [0.25, 0.3) is 0 Å². The number of hydrogen-bond donors (Lipinski definition) is 9. The average molecular weight is 374 g/mol. The number of aliphatic hydroxyl groups is 5. The van der Waals surface area contributed by atoms with Gasteiger partial charge in [0.2, 0.25) is 0 Å². The molecule has 0 spiro atoms. The second-order valence-corrected chi connectivity index (χ2v) is 5.20. The van der Waals surface area contributed by atoms with Crippen molar-refractivity contribution in [2.75, 3.05) is 20.3 Å². The van der Waals surface area contributed by atoms with Crippen LogP contribution in [0, 0.1) is 5.92 Å². The van der Waals surface area contributed by atoms with Gasteiger partial charge in [-0.05, 0) is 19.3 Å². The Morgan fingerprint density at radius 1 is 0.880 bits per heavy atom. The summed E-state index contributed by atoms with van der Waals surface area (Å²) in [7, 11) is 1.00. The number of aliphatic carboxylic acids is 2. The van der Waals surface area contributed by atoms with Gasteiger partial charge in [-0.1, -0.05) is 13.8 Å². The second-order valence-electron chi connectivity index (χ2n) is 5.20. The van der Waals surface area contributed by atoms with E-state index >= 15 is 0 Å². The minimum Gasteiger partial charge on any atom is -0.480 e. The highest BCUT2D eigenvalue weighted by atomic mass is 16.4. The number of hydrogen-bond acceptors (Lipinski definition) is 9. The van der Waals surface area contributed by atoms with E-state index in [-0.39, 0.29) is 13.2 Å². The van der Waals surface area contributed by atoms with Crippen LogP contribution in [0.15, 0.2) is 0 Å². The van der Waals surface area contributed by atoms with Crippen molar-refractivity contribution in [3.05, 3.63) is 0 Å². The van der Waals surface area contributed by atoms with Crippen molar-refractivity contribution in [1.82, 2.24) is 0 Å². The summed E-state index contributed by atoms with van der Waals surface area (Å²) in [6.07, 6.45) is -1.38. The lowest BCUT2D eigenvalue weighted by molar-refractivity contribution is -0.141. The summed E-state index contributed by atoms with van der Waals surface area (Å²) in [6.45, 7) is 4.50. The molecule has 0 fully saturated rings. The van der Waals surface area contributed by atoms with Gasteiger partial charge in [0.1, 0.15) is 18.2 Å².